The number of carbonyl (C=O) groups excluding carboxylic acids is 1. The van der Waals surface area contributed by atoms with Crippen molar-refractivity contribution in [2.75, 3.05) is 30.8 Å². The number of nitrogens with two attached hydrogens (primary N) is 2. The van der Waals surface area contributed by atoms with Crippen LogP contribution in [0.4, 0.5) is 11.4 Å². The highest BCUT2D eigenvalue weighted by molar-refractivity contribution is 5.99. The third-order valence-electron chi connectivity index (χ3n) is 3.14. The zero-order valence-electron chi connectivity index (χ0n) is 11.0. The van der Waals surface area contributed by atoms with Gasteiger partial charge in [0.05, 0.1) is 5.56 Å². The second kappa shape index (κ2) is 6.43. The van der Waals surface area contributed by atoms with Crippen molar-refractivity contribution in [1.29, 1.82) is 0 Å². The van der Waals surface area contributed by atoms with Crippen LogP contribution in [-0.2, 0) is 4.74 Å². The molecule has 1 aliphatic rings. The predicted molar refractivity (Wildman–Crippen MR) is 76.0 cm³/mol. The SMILES string of the molecule is NC(=O)c1ccc(N)cc1NCCCOCC1CC1. The van der Waals surface area contributed by atoms with E-state index in [2.05, 4.69) is 5.32 Å². The topological polar surface area (TPSA) is 90.4 Å². The lowest BCUT2D eigenvalue weighted by atomic mass is 10.1. The van der Waals surface area contributed by atoms with Crippen LogP contribution in [0.3, 0.4) is 0 Å². The molecule has 1 saturated carbocycles. The van der Waals surface area contributed by atoms with Crippen LogP contribution in [0, 0.1) is 5.92 Å². The van der Waals surface area contributed by atoms with Crippen molar-refractivity contribution >= 4 is 17.3 Å². The molecule has 0 saturated heterocycles. The molecule has 5 heteroatoms. The third kappa shape index (κ3) is 4.44. The van der Waals surface area contributed by atoms with Gasteiger partial charge in [-0.1, -0.05) is 0 Å². The summed E-state index contributed by atoms with van der Waals surface area (Å²) >= 11 is 0. The van der Waals surface area contributed by atoms with E-state index < -0.39 is 5.91 Å². The highest BCUT2D eigenvalue weighted by atomic mass is 16.5. The van der Waals surface area contributed by atoms with Crippen LogP contribution in [0.5, 0.6) is 0 Å². The lowest BCUT2D eigenvalue weighted by Gasteiger charge is -2.11. The van der Waals surface area contributed by atoms with Crippen molar-refractivity contribution in [3.8, 4) is 0 Å². The summed E-state index contributed by atoms with van der Waals surface area (Å²) in [7, 11) is 0. The Labute approximate surface area is 113 Å². The van der Waals surface area contributed by atoms with Crippen LogP contribution in [0.2, 0.25) is 0 Å². The minimum atomic E-state index is -0.451. The Balaban J connectivity index is 1.74. The number of amides is 1. The minimum Gasteiger partial charge on any atom is -0.399 e. The fourth-order valence-corrected chi connectivity index (χ4v) is 1.85. The molecule has 1 aliphatic carbocycles. The van der Waals surface area contributed by atoms with Gasteiger partial charge in [-0.15, -0.1) is 0 Å². The molecule has 0 unspecified atom stereocenters. The minimum absolute atomic E-state index is 0.451. The van der Waals surface area contributed by atoms with Gasteiger partial charge in [0.1, 0.15) is 0 Å². The summed E-state index contributed by atoms with van der Waals surface area (Å²) in [5.74, 6) is 0.343. The molecule has 19 heavy (non-hydrogen) atoms. The highest BCUT2D eigenvalue weighted by Crippen LogP contribution is 2.28. The molecule has 0 spiro atoms. The molecule has 1 fully saturated rings. The van der Waals surface area contributed by atoms with Gasteiger partial charge in [-0.3, -0.25) is 4.79 Å². The number of anilines is 2. The molecule has 5 nitrogen and oxygen atoms in total. The number of carbonyl (C=O) groups is 1. The smallest absolute Gasteiger partial charge is 0.250 e. The summed E-state index contributed by atoms with van der Waals surface area (Å²) in [5, 5.41) is 3.18. The number of primary amides is 1. The van der Waals surface area contributed by atoms with E-state index in [9.17, 15) is 4.79 Å². The summed E-state index contributed by atoms with van der Waals surface area (Å²) in [6.07, 6.45) is 3.51. The fourth-order valence-electron chi connectivity index (χ4n) is 1.85. The predicted octanol–water partition coefficient (Wildman–Crippen LogP) is 1.60. The van der Waals surface area contributed by atoms with E-state index in [1.807, 2.05) is 0 Å². The number of nitrogen functional groups attached to an aromatic ring is 1. The second-order valence-corrected chi connectivity index (χ2v) is 4.97. The average molecular weight is 263 g/mol. The first kappa shape index (κ1) is 13.7. The van der Waals surface area contributed by atoms with E-state index in [1.54, 1.807) is 18.2 Å². The summed E-state index contributed by atoms with van der Waals surface area (Å²) in [4.78, 5) is 11.3. The molecule has 0 bridgehead atoms. The van der Waals surface area contributed by atoms with Gasteiger partial charge in [0.2, 0.25) is 0 Å². The normalized spacial score (nSPS) is 14.3. The van der Waals surface area contributed by atoms with Crippen molar-refractivity contribution in [1.82, 2.24) is 0 Å². The lowest BCUT2D eigenvalue weighted by Crippen LogP contribution is -2.15. The number of hydrogen-bond donors (Lipinski definition) is 3. The van der Waals surface area contributed by atoms with E-state index >= 15 is 0 Å². The molecule has 0 atom stereocenters. The molecule has 5 N–H and O–H groups in total. The monoisotopic (exact) mass is 263 g/mol. The Kier molecular flexibility index (Phi) is 4.63. The number of nitrogens with one attached hydrogen (secondary N) is 1. The van der Waals surface area contributed by atoms with Gasteiger partial charge in [0.25, 0.3) is 5.91 Å². The zero-order valence-corrected chi connectivity index (χ0v) is 11.0. The van der Waals surface area contributed by atoms with Crippen molar-refractivity contribution in [2.45, 2.75) is 19.3 Å². The van der Waals surface area contributed by atoms with Crippen molar-refractivity contribution < 1.29 is 9.53 Å². The van der Waals surface area contributed by atoms with Crippen LogP contribution in [0.1, 0.15) is 29.6 Å². The van der Waals surface area contributed by atoms with Gasteiger partial charge in [0, 0.05) is 31.1 Å². The van der Waals surface area contributed by atoms with Gasteiger partial charge >= 0.3 is 0 Å². The maximum atomic E-state index is 11.3. The van der Waals surface area contributed by atoms with Crippen molar-refractivity contribution in [3.63, 3.8) is 0 Å². The molecule has 2 rings (SSSR count). The van der Waals surface area contributed by atoms with Crippen LogP contribution >= 0.6 is 0 Å². The molecular weight excluding hydrogens is 242 g/mol. The highest BCUT2D eigenvalue weighted by Gasteiger charge is 2.20. The maximum absolute atomic E-state index is 11.3. The zero-order chi connectivity index (χ0) is 13.7. The van der Waals surface area contributed by atoms with Crippen LogP contribution < -0.4 is 16.8 Å². The fraction of sp³-hybridized carbons (Fsp3) is 0.500. The largest absolute Gasteiger partial charge is 0.399 e. The Morgan fingerprint density at radius 3 is 2.89 bits per heavy atom. The summed E-state index contributed by atoms with van der Waals surface area (Å²) in [6.45, 7) is 2.34. The van der Waals surface area contributed by atoms with E-state index in [0.29, 0.717) is 16.9 Å². The van der Waals surface area contributed by atoms with Gasteiger partial charge in [-0.25, -0.2) is 0 Å². The van der Waals surface area contributed by atoms with Gasteiger partial charge < -0.3 is 21.5 Å². The summed E-state index contributed by atoms with van der Waals surface area (Å²) in [5.41, 5.74) is 12.8. The molecule has 1 aromatic rings. The molecule has 0 radical (unpaired) electrons. The first-order chi connectivity index (χ1) is 9.16. The number of hydrogen-bond acceptors (Lipinski definition) is 4. The summed E-state index contributed by atoms with van der Waals surface area (Å²) in [6, 6.07) is 5.04. The molecule has 0 aliphatic heterocycles. The molecule has 1 amide bonds. The number of rotatable bonds is 8. The second-order valence-electron chi connectivity index (χ2n) is 4.97. The van der Waals surface area contributed by atoms with Gasteiger partial charge in [-0.2, -0.15) is 0 Å². The Morgan fingerprint density at radius 1 is 1.42 bits per heavy atom. The molecule has 1 aromatic carbocycles. The Hall–Kier alpha value is -1.75. The Morgan fingerprint density at radius 2 is 2.21 bits per heavy atom. The molecule has 104 valence electrons. The van der Waals surface area contributed by atoms with Crippen LogP contribution in [-0.4, -0.2) is 25.7 Å². The first-order valence-corrected chi connectivity index (χ1v) is 6.68. The maximum Gasteiger partial charge on any atom is 0.250 e. The number of ether oxygens (including phenoxy) is 1. The molecule has 0 heterocycles. The van der Waals surface area contributed by atoms with E-state index in [1.165, 1.54) is 12.8 Å². The van der Waals surface area contributed by atoms with E-state index in [0.717, 1.165) is 32.1 Å². The van der Waals surface area contributed by atoms with Crippen LogP contribution in [0.25, 0.3) is 0 Å². The molecular formula is C14H21N3O2. The quantitative estimate of drug-likeness (QED) is 0.491. The number of benzene rings is 1. The molecule has 0 aromatic heterocycles. The standard InChI is InChI=1S/C14H21N3O2/c15-11-4-5-12(14(16)18)13(8-11)17-6-1-7-19-9-10-2-3-10/h4-5,8,10,17H,1-3,6-7,9,15H2,(H2,16,18). The summed E-state index contributed by atoms with van der Waals surface area (Å²) < 4.78 is 5.54. The first-order valence-electron chi connectivity index (χ1n) is 6.68. The third-order valence-corrected chi connectivity index (χ3v) is 3.14. The Bertz CT molecular complexity index is 444. The van der Waals surface area contributed by atoms with E-state index in [-0.39, 0.29) is 0 Å². The van der Waals surface area contributed by atoms with Gasteiger partial charge in [0.15, 0.2) is 0 Å². The lowest BCUT2D eigenvalue weighted by molar-refractivity contribution is 0.100. The van der Waals surface area contributed by atoms with Crippen molar-refractivity contribution in [3.05, 3.63) is 23.8 Å². The van der Waals surface area contributed by atoms with Crippen molar-refractivity contribution in [2.24, 2.45) is 11.7 Å². The van der Waals surface area contributed by atoms with E-state index in [4.69, 9.17) is 16.2 Å². The van der Waals surface area contributed by atoms with Gasteiger partial charge in [-0.05, 0) is 43.4 Å². The van der Waals surface area contributed by atoms with Crippen LogP contribution in [0.15, 0.2) is 18.2 Å². The average Bonchev–Trinajstić information content (AvgIpc) is 3.17.